The van der Waals surface area contributed by atoms with Crippen molar-refractivity contribution in [2.45, 2.75) is 41.5 Å². The van der Waals surface area contributed by atoms with Crippen molar-refractivity contribution in [1.82, 2.24) is 0 Å². The van der Waals surface area contributed by atoms with Gasteiger partial charge in [-0.05, 0) is 25.5 Å². The summed E-state index contributed by atoms with van der Waals surface area (Å²) in [7, 11) is 0. The Morgan fingerprint density at radius 3 is 1.71 bits per heavy atom. The van der Waals surface area contributed by atoms with Crippen molar-refractivity contribution < 1.29 is 4.79 Å². The van der Waals surface area contributed by atoms with Gasteiger partial charge in [0.25, 0.3) is 0 Å². The summed E-state index contributed by atoms with van der Waals surface area (Å²) in [6.07, 6.45) is 9.85. The maximum absolute atomic E-state index is 9.89. The topological polar surface area (TPSA) is 17.1 Å². The lowest BCUT2D eigenvalue weighted by Gasteiger charge is -1.86. The zero-order chi connectivity index (χ0) is 11.8. The highest BCUT2D eigenvalue weighted by molar-refractivity contribution is 5.66. The SMILES string of the molecule is CC.CC.C\C=C/C(/C=C/C=O)=C\C. The fraction of sp³-hybridized carbons (Fsp3) is 0.462. The van der Waals surface area contributed by atoms with Gasteiger partial charge in [0.15, 0.2) is 0 Å². The first-order valence-electron chi connectivity index (χ1n) is 5.26. The molecule has 0 radical (unpaired) electrons. The highest BCUT2D eigenvalue weighted by Gasteiger charge is 1.78. The summed E-state index contributed by atoms with van der Waals surface area (Å²) in [4.78, 5) is 9.89. The van der Waals surface area contributed by atoms with Crippen LogP contribution in [-0.4, -0.2) is 6.29 Å². The Bertz CT molecular complexity index is 174. The number of carbonyl (C=O) groups is 1. The lowest BCUT2D eigenvalue weighted by molar-refractivity contribution is -0.104. The molecule has 1 heteroatoms. The predicted molar refractivity (Wildman–Crippen MR) is 66.5 cm³/mol. The van der Waals surface area contributed by atoms with Gasteiger partial charge in [-0.2, -0.15) is 0 Å². The summed E-state index contributed by atoms with van der Waals surface area (Å²) < 4.78 is 0. The van der Waals surface area contributed by atoms with Gasteiger partial charge in [-0.3, -0.25) is 4.79 Å². The Balaban J connectivity index is -0.000000266. The summed E-state index contributed by atoms with van der Waals surface area (Å²) in [5.74, 6) is 0. The van der Waals surface area contributed by atoms with E-state index in [0.29, 0.717) is 0 Å². The van der Waals surface area contributed by atoms with Crippen LogP contribution in [0, 0.1) is 0 Å². The monoisotopic (exact) mass is 196 g/mol. The number of hydrogen-bond acceptors (Lipinski definition) is 1. The third kappa shape index (κ3) is 17.1. The van der Waals surface area contributed by atoms with E-state index in [2.05, 4.69) is 0 Å². The van der Waals surface area contributed by atoms with Crippen LogP contribution < -0.4 is 0 Å². The minimum atomic E-state index is 0.771. The first-order chi connectivity index (χ1) is 6.85. The van der Waals surface area contributed by atoms with Crippen LogP contribution in [0.3, 0.4) is 0 Å². The first kappa shape index (κ1) is 18.6. The molecule has 14 heavy (non-hydrogen) atoms. The zero-order valence-electron chi connectivity index (χ0n) is 10.4. The van der Waals surface area contributed by atoms with Gasteiger partial charge in [-0.15, -0.1) is 0 Å². The van der Waals surface area contributed by atoms with Crippen LogP contribution in [0.5, 0.6) is 0 Å². The van der Waals surface area contributed by atoms with E-state index in [1.165, 1.54) is 6.08 Å². The van der Waals surface area contributed by atoms with Crippen LogP contribution in [0.25, 0.3) is 0 Å². The number of aldehydes is 1. The lowest BCUT2D eigenvalue weighted by atomic mass is 10.2. The average Bonchev–Trinajstić information content (AvgIpc) is 2.29. The number of carbonyl (C=O) groups excluding carboxylic acids is 1. The molecular formula is C13H24O. The van der Waals surface area contributed by atoms with E-state index in [1.807, 2.05) is 59.8 Å². The van der Waals surface area contributed by atoms with Gasteiger partial charge in [0, 0.05) is 0 Å². The van der Waals surface area contributed by atoms with E-state index in [-0.39, 0.29) is 0 Å². The molecule has 0 saturated heterocycles. The van der Waals surface area contributed by atoms with Crippen molar-refractivity contribution in [3.63, 3.8) is 0 Å². The van der Waals surface area contributed by atoms with Crippen LogP contribution in [0.4, 0.5) is 0 Å². The Morgan fingerprint density at radius 1 is 0.929 bits per heavy atom. The molecule has 0 bridgehead atoms. The molecule has 0 atom stereocenters. The summed E-state index contributed by atoms with van der Waals surface area (Å²) in [6.45, 7) is 11.9. The fourth-order valence-corrected chi connectivity index (χ4v) is 0.591. The molecule has 0 aliphatic carbocycles. The molecule has 0 N–H and O–H groups in total. The highest BCUT2D eigenvalue weighted by atomic mass is 16.1. The minimum absolute atomic E-state index is 0.771. The molecule has 82 valence electrons. The van der Waals surface area contributed by atoms with Gasteiger partial charge < -0.3 is 0 Å². The van der Waals surface area contributed by atoms with Crippen LogP contribution >= 0.6 is 0 Å². The second-order valence-electron chi connectivity index (χ2n) is 1.78. The van der Waals surface area contributed by atoms with Crippen molar-refractivity contribution in [2.75, 3.05) is 0 Å². The molecule has 0 spiro atoms. The van der Waals surface area contributed by atoms with Gasteiger partial charge >= 0.3 is 0 Å². The maximum atomic E-state index is 9.89. The molecular weight excluding hydrogens is 172 g/mol. The van der Waals surface area contributed by atoms with Gasteiger partial charge in [0.1, 0.15) is 6.29 Å². The van der Waals surface area contributed by atoms with Crippen molar-refractivity contribution in [3.8, 4) is 0 Å². The summed E-state index contributed by atoms with van der Waals surface area (Å²) in [5, 5.41) is 0. The van der Waals surface area contributed by atoms with Gasteiger partial charge in [0.2, 0.25) is 0 Å². The second-order valence-corrected chi connectivity index (χ2v) is 1.78. The van der Waals surface area contributed by atoms with Crippen molar-refractivity contribution in [1.29, 1.82) is 0 Å². The fourth-order valence-electron chi connectivity index (χ4n) is 0.591. The molecule has 0 aliphatic heterocycles. The zero-order valence-corrected chi connectivity index (χ0v) is 10.4. The molecule has 0 aromatic rings. The Labute approximate surface area is 89.2 Å². The third-order valence-electron chi connectivity index (χ3n) is 1.06. The maximum Gasteiger partial charge on any atom is 0.142 e. The normalized spacial score (nSPS) is 10.3. The Kier molecular flexibility index (Phi) is 30.1. The molecule has 0 amide bonds. The predicted octanol–water partition coefficient (Wildman–Crippen LogP) is 4.32. The van der Waals surface area contributed by atoms with Gasteiger partial charge in [-0.25, -0.2) is 0 Å². The molecule has 0 fully saturated rings. The average molecular weight is 196 g/mol. The standard InChI is InChI=1S/C9H12O.2C2H6/c1-3-6-9(4-2)7-5-8-10;2*1-2/h3-8H,1-2H3;2*1-2H3/b6-3-,7-5+,9-4+;;. The lowest BCUT2D eigenvalue weighted by Crippen LogP contribution is -1.69. The molecule has 0 saturated carbocycles. The molecule has 0 aromatic carbocycles. The number of allylic oxidation sites excluding steroid dienone is 6. The van der Waals surface area contributed by atoms with E-state index >= 15 is 0 Å². The Hall–Kier alpha value is -1.11. The van der Waals surface area contributed by atoms with E-state index in [0.717, 1.165) is 11.9 Å². The quantitative estimate of drug-likeness (QED) is 0.373. The van der Waals surface area contributed by atoms with Crippen molar-refractivity contribution in [3.05, 3.63) is 36.0 Å². The number of hydrogen-bond donors (Lipinski definition) is 0. The van der Waals surface area contributed by atoms with Gasteiger partial charge in [0.05, 0.1) is 0 Å². The van der Waals surface area contributed by atoms with Crippen molar-refractivity contribution in [2.24, 2.45) is 0 Å². The molecule has 0 unspecified atom stereocenters. The smallest absolute Gasteiger partial charge is 0.142 e. The van der Waals surface area contributed by atoms with E-state index in [1.54, 1.807) is 6.08 Å². The van der Waals surface area contributed by atoms with Crippen LogP contribution in [0.2, 0.25) is 0 Å². The Morgan fingerprint density at radius 2 is 1.43 bits per heavy atom. The first-order valence-corrected chi connectivity index (χ1v) is 5.26. The van der Waals surface area contributed by atoms with Crippen LogP contribution in [0.1, 0.15) is 41.5 Å². The molecule has 0 heterocycles. The summed E-state index contributed by atoms with van der Waals surface area (Å²) in [6, 6.07) is 0. The largest absolute Gasteiger partial charge is 0.299 e. The van der Waals surface area contributed by atoms with E-state index in [4.69, 9.17) is 0 Å². The number of rotatable bonds is 3. The molecule has 0 aliphatic rings. The summed E-state index contributed by atoms with van der Waals surface area (Å²) in [5.41, 5.74) is 1.05. The third-order valence-corrected chi connectivity index (χ3v) is 1.06. The minimum Gasteiger partial charge on any atom is -0.299 e. The molecule has 0 aromatic heterocycles. The highest BCUT2D eigenvalue weighted by Crippen LogP contribution is 1.97. The second kappa shape index (κ2) is 22.7. The van der Waals surface area contributed by atoms with E-state index < -0.39 is 0 Å². The molecule has 1 nitrogen and oxygen atoms in total. The van der Waals surface area contributed by atoms with Crippen LogP contribution in [0.15, 0.2) is 36.0 Å². The van der Waals surface area contributed by atoms with Crippen molar-refractivity contribution >= 4 is 6.29 Å². The van der Waals surface area contributed by atoms with Crippen LogP contribution in [-0.2, 0) is 4.79 Å². The van der Waals surface area contributed by atoms with E-state index in [9.17, 15) is 4.79 Å². The summed E-state index contributed by atoms with van der Waals surface area (Å²) >= 11 is 0. The van der Waals surface area contributed by atoms with Gasteiger partial charge in [-0.1, -0.05) is 52.0 Å². The molecule has 0 rings (SSSR count).